The van der Waals surface area contributed by atoms with E-state index in [2.05, 4.69) is 0 Å². The molecule has 4 heteroatoms. The van der Waals surface area contributed by atoms with Crippen LogP contribution in [0, 0.1) is 11.8 Å². The van der Waals surface area contributed by atoms with Crippen molar-refractivity contribution in [2.45, 2.75) is 12.7 Å². The first-order chi connectivity index (χ1) is 6.77. The van der Waals surface area contributed by atoms with Crippen molar-refractivity contribution < 1.29 is 19.0 Å². The first-order valence-corrected chi connectivity index (χ1v) is 4.70. The molecule has 1 heterocycles. The van der Waals surface area contributed by atoms with E-state index in [4.69, 9.17) is 14.2 Å². The highest BCUT2D eigenvalue weighted by atomic mass is 16.7. The Morgan fingerprint density at radius 1 is 1.57 bits per heavy atom. The van der Waals surface area contributed by atoms with Crippen molar-refractivity contribution in [1.82, 2.24) is 0 Å². The van der Waals surface area contributed by atoms with Crippen LogP contribution in [0.5, 0.6) is 0 Å². The molecular weight excluding hydrogens is 184 g/mol. The van der Waals surface area contributed by atoms with Crippen molar-refractivity contribution in [2.24, 2.45) is 11.8 Å². The summed E-state index contributed by atoms with van der Waals surface area (Å²) in [6, 6.07) is 0. The highest BCUT2D eigenvalue weighted by Gasteiger charge is 2.44. The number of fused-ring (bicyclic) bond motifs is 1. The summed E-state index contributed by atoms with van der Waals surface area (Å²) in [5, 5.41) is 0. The summed E-state index contributed by atoms with van der Waals surface area (Å²) in [6.45, 7) is 0.560. The summed E-state index contributed by atoms with van der Waals surface area (Å²) >= 11 is 0. The van der Waals surface area contributed by atoms with E-state index in [9.17, 15) is 4.79 Å². The molecule has 0 spiro atoms. The number of methoxy groups -OCH3 is 2. The predicted octanol–water partition coefficient (Wildman–Crippen LogP) is 0.725. The number of hydrogen-bond acceptors (Lipinski definition) is 4. The second-order valence-corrected chi connectivity index (χ2v) is 3.59. The topological polar surface area (TPSA) is 44.8 Å². The lowest BCUT2D eigenvalue weighted by Crippen LogP contribution is -2.21. The van der Waals surface area contributed by atoms with Crippen molar-refractivity contribution in [3.05, 3.63) is 11.6 Å². The van der Waals surface area contributed by atoms with Crippen LogP contribution in [0.4, 0.5) is 0 Å². The van der Waals surface area contributed by atoms with Crippen molar-refractivity contribution in [2.75, 3.05) is 20.8 Å². The normalized spacial score (nSPS) is 35.3. The quantitative estimate of drug-likeness (QED) is 0.613. The van der Waals surface area contributed by atoms with Gasteiger partial charge in [0.2, 0.25) is 0 Å². The molecule has 0 aromatic rings. The zero-order valence-corrected chi connectivity index (χ0v) is 8.36. The molecule has 1 fully saturated rings. The van der Waals surface area contributed by atoms with Crippen LogP contribution in [0.15, 0.2) is 11.6 Å². The van der Waals surface area contributed by atoms with E-state index in [1.165, 1.54) is 7.11 Å². The Bertz CT molecular complexity index is 271. The number of ether oxygens (including phenoxy) is 3. The maximum atomic E-state index is 11.4. The van der Waals surface area contributed by atoms with E-state index in [-0.39, 0.29) is 24.1 Å². The molecule has 0 bridgehead atoms. The van der Waals surface area contributed by atoms with Gasteiger partial charge in [-0.2, -0.15) is 0 Å². The minimum absolute atomic E-state index is 0.160. The summed E-state index contributed by atoms with van der Waals surface area (Å²) < 4.78 is 15.3. The van der Waals surface area contributed by atoms with E-state index in [1.54, 1.807) is 7.11 Å². The second-order valence-electron chi connectivity index (χ2n) is 3.59. The maximum absolute atomic E-state index is 11.4. The van der Waals surface area contributed by atoms with Gasteiger partial charge in [0.05, 0.1) is 13.7 Å². The fraction of sp³-hybridized carbons (Fsp3) is 0.700. The molecule has 1 aliphatic heterocycles. The van der Waals surface area contributed by atoms with Gasteiger partial charge in [-0.05, 0) is 6.42 Å². The molecule has 1 aliphatic carbocycles. The van der Waals surface area contributed by atoms with Gasteiger partial charge in [0.15, 0.2) is 6.29 Å². The minimum Gasteiger partial charge on any atom is -0.466 e. The van der Waals surface area contributed by atoms with Crippen LogP contribution < -0.4 is 0 Å². The van der Waals surface area contributed by atoms with Crippen molar-refractivity contribution in [1.29, 1.82) is 0 Å². The number of rotatable bonds is 2. The third-order valence-electron chi connectivity index (χ3n) is 2.97. The van der Waals surface area contributed by atoms with Crippen LogP contribution in [0.1, 0.15) is 6.42 Å². The molecule has 0 amide bonds. The number of carbonyl (C=O) groups is 1. The molecule has 3 atom stereocenters. The fourth-order valence-corrected chi connectivity index (χ4v) is 2.24. The molecule has 2 aliphatic rings. The van der Waals surface area contributed by atoms with E-state index >= 15 is 0 Å². The smallest absolute Gasteiger partial charge is 0.333 e. The summed E-state index contributed by atoms with van der Waals surface area (Å²) in [5.41, 5.74) is 0.747. The lowest BCUT2D eigenvalue weighted by Gasteiger charge is -2.15. The monoisotopic (exact) mass is 198 g/mol. The van der Waals surface area contributed by atoms with Crippen LogP contribution in [-0.2, 0) is 19.0 Å². The molecule has 1 saturated heterocycles. The summed E-state index contributed by atoms with van der Waals surface area (Å²) in [7, 11) is 3.03. The number of carbonyl (C=O) groups excluding carboxylic acids is 1. The summed E-state index contributed by atoms with van der Waals surface area (Å²) in [6.07, 6.45) is 2.61. The Labute approximate surface area is 82.8 Å². The fourth-order valence-electron chi connectivity index (χ4n) is 2.24. The van der Waals surface area contributed by atoms with Crippen LogP contribution in [0.25, 0.3) is 0 Å². The SMILES string of the molecule is COC(=O)C1=CC[C@@H]2[C@@H](OC)OC[C@H]12. The Hall–Kier alpha value is -0.870. The summed E-state index contributed by atoms with van der Waals surface area (Å²) in [4.78, 5) is 11.4. The van der Waals surface area contributed by atoms with Gasteiger partial charge in [-0.15, -0.1) is 0 Å². The molecule has 0 saturated carbocycles. The molecule has 0 unspecified atom stereocenters. The third-order valence-corrected chi connectivity index (χ3v) is 2.97. The van der Waals surface area contributed by atoms with Gasteiger partial charge < -0.3 is 14.2 Å². The largest absolute Gasteiger partial charge is 0.466 e. The minimum atomic E-state index is -0.238. The average Bonchev–Trinajstić information content (AvgIpc) is 2.76. The van der Waals surface area contributed by atoms with Gasteiger partial charge >= 0.3 is 5.97 Å². The van der Waals surface area contributed by atoms with Crippen molar-refractivity contribution >= 4 is 5.97 Å². The standard InChI is InChI=1S/C10H14O4/c1-12-9(11)6-3-4-7-8(6)5-14-10(7)13-2/h3,7-8,10H,4-5H2,1-2H3/t7-,8+,10-/m0/s1. The van der Waals surface area contributed by atoms with Gasteiger partial charge in [-0.1, -0.05) is 6.08 Å². The Balaban J connectivity index is 2.09. The molecule has 0 radical (unpaired) electrons. The van der Waals surface area contributed by atoms with E-state index < -0.39 is 0 Å². The van der Waals surface area contributed by atoms with Crippen LogP contribution >= 0.6 is 0 Å². The van der Waals surface area contributed by atoms with Gasteiger partial charge in [-0.3, -0.25) is 0 Å². The number of allylic oxidation sites excluding steroid dienone is 1. The van der Waals surface area contributed by atoms with Gasteiger partial charge in [-0.25, -0.2) is 4.79 Å². The molecule has 78 valence electrons. The van der Waals surface area contributed by atoms with E-state index in [0.717, 1.165) is 12.0 Å². The zero-order valence-electron chi connectivity index (χ0n) is 8.36. The third kappa shape index (κ3) is 1.35. The van der Waals surface area contributed by atoms with Gasteiger partial charge in [0, 0.05) is 24.5 Å². The van der Waals surface area contributed by atoms with Crippen molar-refractivity contribution in [3.63, 3.8) is 0 Å². The zero-order chi connectivity index (χ0) is 10.1. The van der Waals surface area contributed by atoms with Gasteiger partial charge in [0.1, 0.15) is 0 Å². The Morgan fingerprint density at radius 2 is 2.36 bits per heavy atom. The lowest BCUT2D eigenvalue weighted by molar-refractivity contribution is -0.136. The van der Waals surface area contributed by atoms with Crippen LogP contribution in [0.2, 0.25) is 0 Å². The number of esters is 1. The second kappa shape index (κ2) is 3.71. The molecular formula is C10H14O4. The Kier molecular flexibility index (Phi) is 2.56. The maximum Gasteiger partial charge on any atom is 0.333 e. The first-order valence-electron chi connectivity index (χ1n) is 4.70. The number of hydrogen-bond donors (Lipinski definition) is 0. The average molecular weight is 198 g/mol. The summed E-state index contributed by atoms with van der Waals surface area (Å²) in [5.74, 6) is 0.208. The molecule has 2 rings (SSSR count). The molecule has 0 aromatic carbocycles. The van der Waals surface area contributed by atoms with E-state index in [0.29, 0.717) is 6.61 Å². The van der Waals surface area contributed by atoms with Crippen LogP contribution in [-0.4, -0.2) is 33.1 Å². The van der Waals surface area contributed by atoms with Crippen molar-refractivity contribution in [3.8, 4) is 0 Å². The lowest BCUT2D eigenvalue weighted by atomic mass is 9.94. The predicted molar refractivity (Wildman–Crippen MR) is 48.4 cm³/mol. The molecule has 14 heavy (non-hydrogen) atoms. The Morgan fingerprint density at radius 3 is 3.00 bits per heavy atom. The molecule has 0 aromatic heterocycles. The highest BCUT2D eigenvalue weighted by molar-refractivity contribution is 5.89. The highest BCUT2D eigenvalue weighted by Crippen LogP contribution is 2.41. The van der Waals surface area contributed by atoms with E-state index in [1.807, 2.05) is 6.08 Å². The van der Waals surface area contributed by atoms with Crippen LogP contribution in [0.3, 0.4) is 0 Å². The molecule has 4 nitrogen and oxygen atoms in total. The molecule has 0 N–H and O–H groups in total. The van der Waals surface area contributed by atoms with Gasteiger partial charge in [0.25, 0.3) is 0 Å². The first kappa shape index (κ1) is 9.68.